The molecule has 1 saturated heterocycles. The second-order valence-electron chi connectivity index (χ2n) is 8.43. The third-order valence-electron chi connectivity index (χ3n) is 6.08. The standard InChI is InChI=1S/C24H28ClN3O2/c1-16-4-3-10-27(15-16)23-7-5-18(12-21(23)25)14-26-24(30)20-6-8-22-19(13-20)9-11-28(22)17(2)29/h5-8,12-13,16H,3-4,9-11,14-15H2,1-2H3,(H,26,30)/t16-/m0/s1. The molecule has 0 bridgehead atoms. The molecule has 2 heterocycles. The predicted octanol–water partition coefficient (Wildman–Crippen LogP) is 4.42. The van der Waals surface area contributed by atoms with Gasteiger partial charge in [0, 0.05) is 44.4 Å². The molecule has 2 aromatic rings. The molecule has 1 N–H and O–H groups in total. The highest BCUT2D eigenvalue weighted by molar-refractivity contribution is 6.33. The molecule has 30 heavy (non-hydrogen) atoms. The molecule has 0 aromatic heterocycles. The van der Waals surface area contributed by atoms with Gasteiger partial charge in [-0.05, 0) is 66.6 Å². The Labute approximate surface area is 183 Å². The summed E-state index contributed by atoms with van der Waals surface area (Å²) in [6.07, 6.45) is 3.25. The largest absolute Gasteiger partial charge is 0.370 e. The first-order valence-electron chi connectivity index (χ1n) is 10.6. The van der Waals surface area contributed by atoms with Crippen LogP contribution in [0.25, 0.3) is 0 Å². The van der Waals surface area contributed by atoms with Gasteiger partial charge in [0.05, 0.1) is 10.7 Å². The van der Waals surface area contributed by atoms with E-state index in [-0.39, 0.29) is 11.8 Å². The van der Waals surface area contributed by atoms with Crippen molar-refractivity contribution in [3.05, 3.63) is 58.1 Å². The van der Waals surface area contributed by atoms with Crippen molar-refractivity contribution in [2.24, 2.45) is 5.92 Å². The van der Waals surface area contributed by atoms with Crippen LogP contribution in [0.15, 0.2) is 36.4 Å². The maximum atomic E-state index is 12.6. The SMILES string of the molecule is CC(=O)N1CCc2cc(C(=O)NCc3ccc(N4CCC[C@H](C)C4)c(Cl)c3)ccc21. The second kappa shape index (κ2) is 8.68. The lowest BCUT2D eigenvalue weighted by Crippen LogP contribution is -2.34. The number of nitrogens with zero attached hydrogens (tertiary/aromatic N) is 2. The van der Waals surface area contributed by atoms with E-state index in [1.165, 1.54) is 12.8 Å². The molecule has 0 unspecified atom stereocenters. The van der Waals surface area contributed by atoms with E-state index in [0.29, 0.717) is 24.6 Å². The number of fused-ring (bicyclic) bond motifs is 1. The third-order valence-corrected chi connectivity index (χ3v) is 6.38. The van der Waals surface area contributed by atoms with Crippen molar-refractivity contribution < 1.29 is 9.59 Å². The van der Waals surface area contributed by atoms with Crippen molar-refractivity contribution in [2.45, 2.75) is 39.7 Å². The van der Waals surface area contributed by atoms with Crippen molar-refractivity contribution in [3.8, 4) is 0 Å². The molecule has 6 heteroatoms. The Kier molecular flexibility index (Phi) is 6.00. The van der Waals surface area contributed by atoms with Gasteiger partial charge in [0.25, 0.3) is 5.91 Å². The van der Waals surface area contributed by atoms with Crippen LogP contribution >= 0.6 is 11.6 Å². The molecule has 0 radical (unpaired) electrons. The van der Waals surface area contributed by atoms with Crippen molar-refractivity contribution in [3.63, 3.8) is 0 Å². The average Bonchev–Trinajstić information content (AvgIpc) is 3.15. The van der Waals surface area contributed by atoms with Gasteiger partial charge in [-0.3, -0.25) is 9.59 Å². The van der Waals surface area contributed by atoms with Gasteiger partial charge in [-0.1, -0.05) is 24.6 Å². The number of carbonyl (C=O) groups excluding carboxylic acids is 2. The summed E-state index contributed by atoms with van der Waals surface area (Å²) in [7, 11) is 0. The Morgan fingerprint density at radius 2 is 1.93 bits per heavy atom. The van der Waals surface area contributed by atoms with Crippen molar-refractivity contribution in [2.75, 3.05) is 29.4 Å². The van der Waals surface area contributed by atoms with Crippen molar-refractivity contribution in [1.29, 1.82) is 0 Å². The van der Waals surface area contributed by atoms with Crippen LogP contribution < -0.4 is 15.1 Å². The van der Waals surface area contributed by atoms with Crippen LogP contribution in [0.5, 0.6) is 0 Å². The topological polar surface area (TPSA) is 52.7 Å². The Balaban J connectivity index is 1.39. The zero-order valence-electron chi connectivity index (χ0n) is 17.6. The van der Waals surface area contributed by atoms with E-state index in [1.807, 2.05) is 24.3 Å². The number of nitrogens with one attached hydrogen (secondary N) is 1. The molecular formula is C24H28ClN3O2. The lowest BCUT2D eigenvalue weighted by atomic mass is 9.99. The number of rotatable bonds is 4. The summed E-state index contributed by atoms with van der Waals surface area (Å²) < 4.78 is 0. The monoisotopic (exact) mass is 425 g/mol. The minimum Gasteiger partial charge on any atom is -0.370 e. The number of piperidine rings is 1. The van der Waals surface area contributed by atoms with Gasteiger partial charge in [0.1, 0.15) is 0 Å². The molecule has 5 nitrogen and oxygen atoms in total. The summed E-state index contributed by atoms with van der Waals surface area (Å²) in [6.45, 7) is 7.02. The van der Waals surface area contributed by atoms with Crippen molar-refractivity contribution >= 4 is 34.8 Å². The molecule has 0 spiro atoms. The Hall–Kier alpha value is -2.53. The molecule has 0 aliphatic carbocycles. The molecule has 2 aliphatic rings. The zero-order valence-corrected chi connectivity index (χ0v) is 18.3. The number of hydrogen-bond acceptors (Lipinski definition) is 3. The lowest BCUT2D eigenvalue weighted by Gasteiger charge is -2.33. The van der Waals surface area contributed by atoms with Gasteiger partial charge in [-0.25, -0.2) is 0 Å². The van der Waals surface area contributed by atoms with E-state index in [9.17, 15) is 9.59 Å². The third kappa shape index (κ3) is 4.31. The molecule has 2 amide bonds. The number of benzene rings is 2. The number of carbonyl (C=O) groups is 2. The highest BCUT2D eigenvalue weighted by Gasteiger charge is 2.23. The summed E-state index contributed by atoms with van der Waals surface area (Å²) in [6, 6.07) is 11.6. The van der Waals surface area contributed by atoms with Crippen LogP contribution in [-0.2, 0) is 17.8 Å². The highest BCUT2D eigenvalue weighted by Crippen LogP contribution is 2.31. The van der Waals surface area contributed by atoms with E-state index in [1.54, 1.807) is 17.9 Å². The summed E-state index contributed by atoms with van der Waals surface area (Å²) >= 11 is 6.56. The quantitative estimate of drug-likeness (QED) is 0.789. The summed E-state index contributed by atoms with van der Waals surface area (Å²) in [5.41, 5.74) is 4.62. The lowest BCUT2D eigenvalue weighted by molar-refractivity contribution is -0.116. The first-order valence-corrected chi connectivity index (χ1v) is 11.0. The average molecular weight is 426 g/mol. The molecule has 2 aromatic carbocycles. The first-order chi connectivity index (χ1) is 14.4. The minimum absolute atomic E-state index is 0.0327. The van der Waals surface area contributed by atoms with Gasteiger partial charge in [0.15, 0.2) is 0 Å². The normalized spacial score (nSPS) is 18.3. The first kappa shape index (κ1) is 20.7. The van der Waals surface area contributed by atoms with E-state index < -0.39 is 0 Å². The fourth-order valence-electron chi connectivity index (χ4n) is 4.48. The molecule has 1 atom stereocenters. The van der Waals surface area contributed by atoms with Crippen LogP contribution in [0.2, 0.25) is 5.02 Å². The van der Waals surface area contributed by atoms with E-state index in [4.69, 9.17) is 11.6 Å². The molecule has 2 aliphatic heterocycles. The van der Waals surface area contributed by atoms with Crippen LogP contribution in [0.4, 0.5) is 11.4 Å². The number of hydrogen-bond donors (Lipinski definition) is 1. The Morgan fingerprint density at radius 1 is 1.13 bits per heavy atom. The number of amides is 2. The molecular weight excluding hydrogens is 398 g/mol. The van der Waals surface area contributed by atoms with E-state index >= 15 is 0 Å². The van der Waals surface area contributed by atoms with Crippen molar-refractivity contribution in [1.82, 2.24) is 5.32 Å². The van der Waals surface area contributed by atoms with Gasteiger partial charge < -0.3 is 15.1 Å². The predicted molar refractivity (Wildman–Crippen MR) is 121 cm³/mol. The molecule has 1 fully saturated rings. The highest BCUT2D eigenvalue weighted by atomic mass is 35.5. The smallest absolute Gasteiger partial charge is 0.251 e. The Morgan fingerprint density at radius 3 is 2.67 bits per heavy atom. The van der Waals surface area contributed by atoms with E-state index in [0.717, 1.165) is 47.0 Å². The van der Waals surface area contributed by atoms with Gasteiger partial charge >= 0.3 is 0 Å². The van der Waals surface area contributed by atoms with Crippen LogP contribution in [-0.4, -0.2) is 31.4 Å². The zero-order chi connectivity index (χ0) is 21.3. The molecule has 0 saturated carbocycles. The summed E-state index contributed by atoms with van der Waals surface area (Å²) in [5.74, 6) is 0.595. The Bertz CT molecular complexity index is 975. The van der Waals surface area contributed by atoms with Gasteiger partial charge in [-0.15, -0.1) is 0 Å². The fraction of sp³-hybridized carbons (Fsp3) is 0.417. The maximum Gasteiger partial charge on any atom is 0.251 e. The maximum absolute atomic E-state index is 12.6. The van der Waals surface area contributed by atoms with E-state index in [2.05, 4.69) is 23.2 Å². The molecule has 158 valence electrons. The summed E-state index contributed by atoms with van der Waals surface area (Å²) in [4.78, 5) is 28.4. The second-order valence-corrected chi connectivity index (χ2v) is 8.83. The number of anilines is 2. The van der Waals surface area contributed by atoms with Gasteiger partial charge in [-0.2, -0.15) is 0 Å². The molecule has 4 rings (SSSR count). The summed E-state index contributed by atoms with van der Waals surface area (Å²) in [5, 5.41) is 3.72. The van der Waals surface area contributed by atoms with Crippen LogP contribution in [0.3, 0.4) is 0 Å². The van der Waals surface area contributed by atoms with Gasteiger partial charge in [0.2, 0.25) is 5.91 Å². The number of halogens is 1. The van der Waals surface area contributed by atoms with Crippen LogP contribution in [0.1, 0.15) is 48.2 Å². The fourth-order valence-corrected chi connectivity index (χ4v) is 4.80. The van der Waals surface area contributed by atoms with Crippen LogP contribution in [0, 0.1) is 5.92 Å². The minimum atomic E-state index is -0.121.